The second kappa shape index (κ2) is 8.56. The van der Waals surface area contributed by atoms with Crippen LogP contribution in [-0.2, 0) is 0 Å². The molecule has 3 aromatic heterocycles. The third-order valence-corrected chi connectivity index (χ3v) is 6.11. The highest BCUT2D eigenvalue weighted by Gasteiger charge is 2.22. The van der Waals surface area contributed by atoms with Crippen LogP contribution in [-0.4, -0.2) is 21.0 Å². The summed E-state index contributed by atoms with van der Waals surface area (Å²) in [5.74, 6) is -0.805. The molecule has 8 nitrogen and oxygen atoms in total. The van der Waals surface area contributed by atoms with Gasteiger partial charge in [-0.25, -0.2) is 14.8 Å². The second-order valence-electron chi connectivity index (χ2n) is 8.32. The zero-order chi connectivity index (χ0) is 24.9. The molecule has 0 saturated heterocycles. The minimum atomic E-state index is -1.21. The molecule has 0 fully saturated rings. The molecule has 0 aliphatic rings. The van der Waals surface area contributed by atoms with Crippen LogP contribution < -0.4 is 10.7 Å². The van der Waals surface area contributed by atoms with Gasteiger partial charge in [0.05, 0.1) is 17.1 Å². The summed E-state index contributed by atoms with van der Waals surface area (Å²) in [5.41, 5.74) is 4.19. The number of fused-ring (bicyclic) bond motifs is 2. The third kappa shape index (κ3) is 3.91. The lowest BCUT2D eigenvalue weighted by Gasteiger charge is -2.19. The van der Waals surface area contributed by atoms with Crippen molar-refractivity contribution in [3.8, 4) is 11.3 Å². The Hall–Kier alpha value is -4.17. The Bertz CT molecular complexity index is 1690. The van der Waals surface area contributed by atoms with Gasteiger partial charge in [0.25, 0.3) is 0 Å². The van der Waals surface area contributed by atoms with Crippen LogP contribution in [0.1, 0.15) is 40.1 Å². The van der Waals surface area contributed by atoms with Crippen LogP contribution in [0.4, 0.5) is 5.69 Å². The molecule has 9 heteroatoms. The van der Waals surface area contributed by atoms with Gasteiger partial charge >= 0.3 is 5.97 Å². The summed E-state index contributed by atoms with van der Waals surface area (Å²) in [5, 5.41) is 13.3. The van der Waals surface area contributed by atoms with Crippen molar-refractivity contribution in [1.29, 1.82) is 0 Å². The molecule has 35 heavy (non-hydrogen) atoms. The number of benzene rings is 2. The summed E-state index contributed by atoms with van der Waals surface area (Å²) in [7, 11) is 0. The summed E-state index contributed by atoms with van der Waals surface area (Å²) >= 11 is 5.89. The molecule has 0 amide bonds. The predicted octanol–water partition coefficient (Wildman–Crippen LogP) is 6.14. The Labute approximate surface area is 204 Å². The second-order valence-corrected chi connectivity index (χ2v) is 8.71. The summed E-state index contributed by atoms with van der Waals surface area (Å²) in [6.45, 7) is 5.47. The first-order valence-corrected chi connectivity index (χ1v) is 11.2. The van der Waals surface area contributed by atoms with Gasteiger partial charge < -0.3 is 19.3 Å². The van der Waals surface area contributed by atoms with E-state index in [0.29, 0.717) is 50.2 Å². The number of aromatic carboxylic acids is 1. The number of nitrogens with one attached hydrogen (secondary N) is 1. The number of aryl methyl sites for hydroxylation is 1. The fourth-order valence-corrected chi connectivity index (χ4v) is 4.39. The maximum Gasteiger partial charge on any atom is 0.356 e. The molecule has 5 rings (SSSR count). The van der Waals surface area contributed by atoms with E-state index in [1.807, 2.05) is 32.0 Å². The molecule has 0 aliphatic heterocycles. The highest BCUT2D eigenvalue weighted by atomic mass is 35.5. The first-order chi connectivity index (χ1) is 16.7. The number of hydrogen-bond acceptors (Lipinski definition) is 7. The highest BCUT2D eigenvalue weighted by molar-refractivity contribution is 6.29. The molecule has 0 spiro atoms. The lowest BCUT2D eigenvalue weighted by atomic mass is 9.98. The number of halogens is 1. The lowest BCUT2D eigenvalue weighted by Crippen LogP contribution is -2.14. The van der Waals surface area contributed by atoms with Crippen molar-refractivity contribution in [3.05, 3.63) is 86.6 Å². The first kappa shape index (κ1) is 22.6. The van der Waals surface area contributed by atoms with Crippen molar-refractivity contribution >= 4 is 45.3 Å². The van der Waals surface area contributed by atoms with Gasteiger partial charge in [0, 0.05) is 16.7 Å². The van der Waals surface area contributed by atoms with Crippen LogP contribution >= 0.6 is 11.6 Å². The lowest BCUT2D eigenvalue weighted by molar-refractivity contribution is 0.0691. The summed E-state index contributed by atoms with van der Waals surface area (Å²) in [6.07, 6.45) is 1.35. The zero-order valence-electron chi connectivity index (χ0n) is 19.0. The van der Waals surface area contributed by atoms with E-state index in [9.17, 15) is 14.7 Å². The van der Waals surface area contributed by atoms with E-state index in [0.717, 1.165) is 5.56 Å². The molecule has 1 atom stereocenters. The van der Waals surface area contributed by atoms with Crippen LogP contribution in [0, 0.1) is 13.8 Å². The van der Waals surface area contributed by atoms with E-state index in [1.165, 1.54) is 12.5 Å². The highest BCUT2D eigenvalue weighted by Crippen LogP contribution is 2.35. The summed E-state index contributed by atoms with van der Waals surface area (Å²) < 4.78 is 11.8. The molecule has 0 unspecified atom stereocenters. The number of hydrogen-bond donors (Lipinski definition) is 2. The number of carbonyl (C=O) groups is 1. The average molecular weight is 490 g/mol. The van der Waals surface area contributed by atoms with Gasteiger partial charge in [0.1, 0.15) is 22.0 Å². The van der Waals surface area contributed by atoms with Crippen molar-refractivity contribution in [3.63, 3.8) is 0 Å². The SMILES string of the molecule is Cc1cc([C@@H](C)Nc2ccc(Cl)nc2C(=O)O)c2oc(-c3cccc4ocnc34)c(C)c(=O)c2c1. The Kier molecular flexibility index (Phi) is 5.53. The fourth-order valence-electron chi connectivity index (χ4n) is 4.24. The van der Waals surface area contributed by atoms with E-state index < -0.39 is 12.0 Å². The smallest absolute Gasteiger partial charge is 0.356 e. The van der Waals surface area contributed by atoms with E-state index in [2.05, 4.69) is 15.3 Å². The van der Waals surface area contributed by atoms with Crippen LogP contribution in [0.5, 0.6) is 0 Å². The van der Waals surface area contributed by atoms with Gasteiger partial charge in [-0.15, -0.1) is 0 Å². The van der Waals surface area contributed by atoms with E-state index in [-0.39, 0.29) is 16.3 Å². The molecule has 0 saturated carbocycles. The van der Waals surface area contributed by atoms with Crippen LogP contribution in [0.15, 0.2) is 62.5 Å². The first-order valence-electron chi connectivity index (χ1n) is 10.8. The molecule has 3 heterocycles. The quantitative estimate of drug-likeness (QED) is 0.283. The van der Waals surface area contributed by atoms with Crippen molar-refractivity contribution in [2.75, 3.05) is 5.32 Å². The predicted molar refractivity (Wildman–Crippen MR) is 133 cm³/mol. The number of nitrogens with zero attached hydrogens (tertiary/aromatic N) is 2. The van der Waals surface area contributed by atoms with Gasteiger partial charge in [-0.05, 0) is 56.7 Å². The molecule has 176 valence electrons. The zero-order valence-corrected chi connectivity index (χ0v) is 19.8. The summed E-state index contributed by atoms with van der Waals surface area (Å²) in [4.78, 5) is 33.3. The number of aromatic nitrogens is 2. The van der Waals surface area contributed by atoms with Gasteiger partial charge in [0.2, 0.25) is 0 Å². The molecular formula is C26H20ClN3O5. The Morgan fingerprint density at radius 1 is 1.17 bits per heavy atom. The van der Waals surface area contributed by atoms with Gasteiger partial charge in [0.15, 0.2) is 23.1 Å². The van der Waals surface area contributed by atoms with Gasteiger partial charge in [-0.3, -0.25) is 4.79 Å². The van der Waals surface area contributed by atoms with Crippen molar-refractivity contribution < 1.29 is 18.7 Å². The normalized spacial score (nSPS) is 12.2. The van der Waals surface area contributed by atoms with Crippen molar-refractivity contribution in [2.24, 2.45) is 0 Å². The van der Waals surface area contributed by atoms with E-state index >= 15 is 0 Å². The van der Waals surface area contributed by atoms with Crippen molar-refractivity contribution in [2.45, 2.75) is 26.8 Å². The molecule has 5 aromatic rings. The standard InChI is InChI=1S/C26H20ClN3O5/c1-12-9-16(14(3)29-18-7-8-20(27)30-22(18)26(32)33)25-17(10-12)23(31)13(2)24(35-25)15-5-4-6-19-21(15)28-11-34-19/h4-11,14,29H,1-3H3,(H,32,33)/t14-/m1/s1. The minimum absolute atomic E-state index is 0.0785. The molecule has 0 radical (unpaired) electrons. The number of carboxylic acids is 1. The average Bonchev–Trinajstić information content (AvgIpc) is 3.31. The van der Waals surface area contributed by atoms with Crippen LogP contribution in [0.2, 0.25) is 5.15 Å². The molecule has 2 N–H and O–H groups in total. The topological polar surface area (TPSA) is 118 Å². The number of oxazole rings is 1. The third-order valence-electron chi connectivity index (χ3n) is 5.90. The number of carboxylic acid groups (broad SMARTS) is 1. The fraction of sp³-hybridized carbons (Fsp3) is 0.154. The maximum atomic E-state index is 13.4. The minimum Gasteiger partial charge on any atom is -0.476 e. The van der Waals surface area contributed by atoms with Crippen LogP contribution in [0.25, 0.3) is 33.4 Å². The Morgan fingerprint density at radius 2 is 1.97 bits per heavy atom. The molecule has 2 aromatic carbocycles. The number of para-hydroxylation sites is 1. The molecule has 0 aliphatic carbocycles. The Morgan fingerprint density at radius 3 is 2.74 bits per heavy atom. The van der Waals surface area contributed by atoms with Crippen LogP contribution in [0.3, 0.4) is 0 Å². The largest absolute Gasteiger partial charge is 0.476 e. The number of pyridine rings is 1. The van der Waals surface area contributed by atoms with Gasteiger partial charge in [-0.1, -0.05) is 23.7 Å². The van der Waals surface area contributed by atoms with E-state index in [4.69, 9.17) is 20.4 Å². The molecule has 0 bridgehead atoms. The maximum absolute atomic E-state index is 13.4. The van der Waals surface area contributed by atoms with Crippen molar-refractivity contribution in [1.82, 2.24) is 9.97 Å². The molecular weight excluding hydrogens is 470 g/mol. The van der Waals surface area contributed by atoms with E-state index in [1.54, 1.807) is 25.1 Å². The monoisotopic (exact) mass is 489 g/mol. The van der Waals surface area contributed by atoms with Gasteiger partial charge in [-0.2, -0.15) is 0 Å². The number of anilines is 1. The summed E-state index contributed by atoms with van der Waals surface area (Å²) in [6, 6.07) is 11.8. The Balaban J connectivity index is 1.70. The number of rotatable bonds is 5.